The van der Waals surface area contributed by atoms with Crippen LogP contribution in [0.1, 0.15) is 17.2 Å². The van der Waals surface area contributed by atoms with Gasteiger partial charge in [0.1, 0.15) is 17.4 Å². The van der Waals surface area contributed by atoms with Crippen LogP contribution in [0.15, 0.2) is 70.3 Å². The van der Waals surface area contributed by atoms with E-state index in [1.54, 1.807) is 4.90 Å². The zero-order chi connectivity index (χ0) is 20.5. The number of benzene rings is 2. The summed E-state index contributed by atoms with van der Waals surface area (Å²) in [7, 11) is 2.56. The summed E-state index contributed by atoms with van der Waals surface area (Å²) in [5.41, 5.74) is 2.58. The summed E-state index contributed by atoms with van der Waals surface area (Å²) in [6.07, 6.45) is 2.42. The summed E-state index contributed by atoms with van der Waals surface area (Å²) in [5, 5.41) is 0. The Morgan fingerprint density at radius 1 is 1.00 bits per heavy atom. The average molecular weight is 456 g/mol. The molecule has 2 heterocycles. The number of fused-ring (bicyclic) bond motifs is 3. The predicted octanol–water partition coefficient (Wildman–Crippen LogP) is 3.98. The van der Waals surface area contributed by atoms with Crippen LogP contribution < -0.4 is 4.90 Å². The van der Waals surface area contributed by atoms with E-state index in [1.807, 2.05) is 60.7 Å². The largest absolute Gasteiger partial charge is 0.466 e. The quantitative estimate of drug-likeness (QED) is 0.652. The minimum atomic E-state index is -0.791. The fourth-order valence-electron chi connectivity index (χ4n) is 3.57. The molecule has 2 atom stereocenters. The Balaban J connectivity index is 1.97. The van der Waals surface area contributed by atoms with Crippen LogP contribution >= 0.6 is 15.9 Å². The highest BCUT2D eigenvalue weighted by molar-refractivity contribution is 9.10. The molecular weight excluding hydrogens is 438 g/mol. The third kappa shape index (κ3) is 3.36. The van der Waals surface area contributed by atoms with Crippen LogP contribution in [0.25, 0.3) is 6.08 Å². The Hall–Kier alpha value is -2.90. The monoisotopic (exact) mass is 455 g/mol. The highest BCUT2D eigenvalue weighted by Crippen LogP contribution is 2.43. The van der Waals surface area contributed by atoms with Crippen LogP contribution in [0.2, 0.25) is 0 Å². The molecule has 2 aliphatic heterocycles. The summed E-state index contributed by atoms with van der Waals surface area (Å²) in [5.74, 6) is -1.28. The van der Waals surface area contributed by atoms with Crippen molar-refractivity contribution in [1.29, 1.82) is 0 Å². The van der Waals surface area contributed by atoms with E-state index in [0.717, 1.165) is 21.3 Å². The van der Waals surface area contributed by atoms with Gasteiger partial charge in [0.25, 0.3) is 0 Å². The number of esters is 2. The van der Waals surface area contributed by atoms with Crippen molar-refractivity contribution in [2.24, 2.45) is 0 Å². The maximum Gasteiger partial charge on any atom is 0.355 e. The van der Waals surface area contributed by atoms with Gasteiger partial charge in [-0.05, 0) is 35.4 Å². The van der Waals surface area contributed by atoms with Crippen molar-refractivity contribution in [3.05, 3.63) is 81.5 Å². The first-order valence-corrected chi connectivity index (χ1v) is 9.72. The van der Waals surface area contributed by atoms with Crippen LogP contribution in [-0.4, -0.2) is 32.4 Å². The van der Waals surface area contributed by atoms with Crippen molar-refractivity contribution >= 4 is 39.6 Å². The second-order valence-corrected chi connectivity index (χ2v) is 7.41. The maximum absolute atomic E-state index is 12.9. The fraction of sp³-hybridized carbons (Fsp3) is 0.182. The first-order valence-electron chi connectivity index (χ1n) is 8.93. The molecule has 0 amide bonds. The summed E-state index contributed by atoms with van der Waals surface area (Å²) in [6.45, 7) is 0. The number of ether oxygens (including phenoxy) is 3. The predicted molar refractivity (Wildman–Crippen MR) is 111 cm³/mol. The van der Waals surface area contributed by atoms with E-state index in [0.29, 0.717) is 0 Å². The highest BCUT2D eigenvalue weighted by Gasteiger charge is 2.44. The van der Waals surface area contributed by atoms with Crippen molar-refractivity contribution < 1.29 is 23.8 Å². The van der Waals surface area contributed by atoms with Gasteiger partial charge in [0.15, 0.2) is 6.23 Å². The molecule has 2 aromatic rings. The second-order valence-electron chi connectivity index (χ2n) is 6.49. The molecule has 0 N–H and O–H groups in total. The van der Waals surface area contributed by atoms with Crippen LogP contribution in [0, 0.1) is 0 Å². The van der Waals surface area contributed by atoms with Gasteiger partial charge < -0.3 is 19.1 Å². The van der Waals surface area contributed by atoms with E-state index in [9.17, 15) is 9.59 Å². The lowest BCUT2D eigenvalue weighted by Gasteiger charge is -2.42. The van der Waals surface area contributed by atoms with Crippen LogP contribution in [0.4, 0.5) is 5.69 Å². The van der Waals surface area contributed by atoms with Gasteiger partial charge in [-0.25, -0.2) is 9.59 Å². The molecule has 29 heavy (non-hydrogen) atoms. The summed E-state index contributed by atoms with van der Waals surface area (Å²) in [4.78, 5) is 27.4. The molecule has 0 unspecified atom stereocenters. The molecule has 0 saturated heterocycles. The third-order valence-electron chi connectivity index (χ3n) is 4.88. The topological polar surface area (TPSA) is 65.1 Å². The van der Waals surface area contributed by atoms with Gasteiger partial charge in [-0.1, -0.05) is 52.3 Å². The van der Waals surface area contributed by atoms with Gasteiger partial charge in [-0.15, -0.1) is 0 Å². The van der Waals surface area contributed by atoms with E-state index in [4.69, 9.17) is 14.2 Å². The van der Waals surface area contributed by atoms with Crippen LogP contribution in [0.5, 0.6) is 0 Å². The minimum absolute atomic E-state index is 0.100. The number of halogens is 1. The fourth-order valence-corrected chi connectivity index (χ4v) is 3.84. The molecule has 4 rings (SSSR count). The molecule has 0 bridgehead atoms. The van der Waals surface area contributed by atoms with Crippen LogP contribution in [0.3, 0.4) is 0 Å². The first kappa shape index (κ1) is 19.4. The SMILES string of the molecule is COC(=O)C1=C(C(=O)OC)N2c3ccccc3C=C[C@@H]2O[C@@H]1c1ccc(Br)cc1. The highest BCUT2D eigenvalue weighted by atomic mass is 79.9. The average Bonchev–Trinajstić information content (AvgIpc) is 2.77. The number of para-hydroxylation sites is 1. The lowest BCUT2D eigenvalue weighted by atomic mass is 9.94. The molecule has 148 valence electrons. The third-order valence-corrected chi connectivity index (χ3v) is 5.41. The lowest BCUT2D eigenvalue weighted by Crippen LogP contribution is -2.47. The van der Waals surface area contributed by atoms with Crippen molar-refractivity contribution in [1.82, 2.24) is 0 Å². The Morgan fingerprint density at radius 3 is 2.38 bits per heavy atom. The maximum atomic E-state index is 12.9. The van der Waals surface area contributed by atoms with Crippen molar-refractivity contribution in [2.45, 2.75) is 12.3 Å². The molecule has 0 radical (unpaired) electrons. The van der Waals surface area contributed by atoms with Gasteiger partial charge in [-0.3, -0.25) is 0 Å². The van der Waals surface area contributed by atoms with Gasteiger partial charge in [0.05, 0.1) is 19.9 Å². The number of hydrogen-bond donors (Lipinski definition) is 0. The molecule has 7 heteroatoms. The van der Waals surface area contributed by atoms with Gasteiger partial charge in [0, 0.05) is 4.47 Å². The molecule has 0 spiro atoms. The van der Waals surface area contributed by atoms with E-state index in [1.165, 1.54) is 14.2 Å². The number of carbonyl (C=O) groups is 2. The van der Waals surface area contributed by atoms with E-state index in [2.05, 4.69) is 15.9 Å². The van der Waals surface area contributed by atoms with E-state index < -0.39 is 24.3 Å². The number of hydrogen-bond acceptors (Lipinski definition) is 6. The minimum Gasteiger partial charge on any atom is -0.466 e. The molecule has 2 aliphatic rings. The Morgan fingerprint density at radius 2 is 1.69 bits per heavy atom. The van der Waals surface area contributed by atoms with Gasteiger partial charge in [-0.2, -0.15) is 0 Å². The molecule has 2 aromatic carbocycles. The first-order chi connectivity index (χ1) is 14.0. The number of rotatable bonds is 3. The molecule has 0 saturated carbocycles. The Kier molecular flexibility index (Phi) is 5.25. The number of nitrogens with zero attached hydrogens (tertiary/aromatic N) is 1. The number of anilines is 1. The van der Waals surface area contributed by atoms with Crippen molar-refractivity contribution in [2.75, 3.05) is 19.1 Å². The summed E-state index contributed by atoms with van der Waals surface area (Å²) >= 11 is 3.41. The smallest absolute Gasteiger partial charge is 0.355 e. The van der Waals surface area contributed by atoms with Crippen LogP contribution in [-0.2, 0) is 23.8 Å². The summed E-state index contributed by atoms with van der Waals surface area (Å²) < 4.78 is 17.2. The second kappa shape index (κ2) is 7.85. The van der Waals surface area contributed by atoms with E-state index >= 15 is 0 Å². The molecule has 6 nitrogen and oxygen atoms in total. The number of methoxy groups -OCH3 is 2. The van der Waals surface area contributed by atoms with Gasteiger partial charge in [0.2, 0.25) is 0 Å². The normalized spacial score (nSPS) is 20.0. The number of carbonyl (C=O) groups excluding carboxylic acids is 2. The standard InChI is InChI=1S/C22H18BrNO5/c1-27-21(25)18-19(22(26)28-2)24-16-6-4-3-5-13(16)9-12-17(24)29-20(18)14-7-10-15(23)11-8-14/h3-12,17,20H,1-2H3/t17-,20+/m0/s1. The molecule has 0 aromatic heterocycles. The van der Waals surface area contributed by atoms with E-state index in [-0.39, 0.29) is 11.3 Å². The zero-order valence-electron chi connectivity index (χ0n) is 15.8. The summed E-state index contributed by atoms with van der Waals surface area (Å²) in [6, 6.07) is 14.9. The zero-order valence-corrected chi connectivity index (χ0v) is 17.4. The lowest BCUT2D eigenvalue weighted by molar-refractivity contribution is -0.142. The molecular formula is C22H18BrNO5. The Labute approximate surface area is 176 Å². The van der Waals surface area contributed by atoms with Crippen molar-refractivity contribution in [3.8, 4) is 0 Å². The molecule has 0 aliphatic carbocycles. The Bertz CT molecular complexity index is 1030. The van der Waals surface area contributed by atoms with Crippen molar-refractivity contribution in [3.63, 3.8) is 0 Å². The van der Waals surface area contributed by atoms with Gasteiger partial charge >= 0.3 is 11.9 Å². The molecule has 0 fully saturated rings.